The molecular weight excluding hydrogens is 452 g/mol. The fourth-order valence-corrected chi connectivity index (χ4v) is 2.72. The third-order valence-corrected chi connectivity index (χ3v) is 4.66. The summed E-state index contributed by atoms with van der Waals surface area (Å²) >= 11 is -2.03. The second-order valence-electron chi connectivity index (χ2n) is 5.65. The summed E-state index contributed by atoms with van der Waals surface area (Å²) in [6.45, 7) is 6.87. The van der Waals surface area contributed by atoms with Crippen LogP contribution in [-0.2, 0) is 15.2 Å². The van der Waals surface area contributed by atoms with E-state index in [4.69, 9.17) is 32.3 Å². The summed E-state index contributed by atoms with van der Waals surface area (Å²) < 4.78 is 5.11. The molecule has 3 nitrogen and oxygen atoms in total. The molecule has 0 atom stereocenters. The van der Waals surface area contributed by atoms with E-state index in [0.29, 0.717) is 0 Å². The molecule has 0 saturated carbocycles. The molecule has 126 valence electrons. The van der Waals surface area contributed by atoms with E-state index in [9.17, 15) is 0 Å². The van der Waals surface area contributed by atoms with Gasteiger partial charge in [-0.25, -0.2) is 0 Å². The summed E-state index contributed by atoms with van der Waals surface area (Å²) in [4.78, 5) is 9.04. The number of ether oxygens (including phenoxy) is 1. The molecule has 23 heavy (non-hydrogen) atoms. The zero-order chi connectivity index (χ0) is 17.5. The van der Waals surface area contributed by atoms with Crippen molar-refractivity contribution in [1.82, 2.24) is 4.98 Å². The summed E-state index contributed by atoms with van der Waals surface area (Å²) in [6.07, 6.45) is 1.81. The van der Waals surface area contributed by atoms with Crippen LogP contribution in [0.3, 0.4) is 0 Å². The molecule has 0 spiro atoms. The molecule has 8 heteroatoms. The van der Waals surface area contributed by atoms with E-state index < -0.39 is 23.3 Å². The number of aliphatic imine (C=N–C) groups is 1. The van der Waals surface area contributed by atoms with Gasteiger partial charge in [-0.05, 0) is 24.3 Å². The predicted molar refractivity (Wildman–Crippen MR) is 101 cm³/mol. The summed E-state index contributed by atoms with van der Waals surface area (Å²) in [7, 11) is 15.3. The number of rotatable bonds is 4. The summed E-state index contributed by atoms with van der Waals surface area (Å²) in [5.74, 6) is 0.839. The number of hydrogen-bond donors (Lipinski definition) is 0. The predicted octanol–water partition coefficient (Wildman–Crippen LogP) is 5.01. The van der Waals surface area contributed by atoms with Crippen LogP contribution in [0.25, 0.3) is 0 Å². The van der Waals surface area contributed by atoms with Crippen LogP contribution < -0.4 is 15.0 Å². The van der Waals surface area contributed by atoms with E-state index in [1.54, 1.807) is 7.11 Å². The van der Waals surface area contributed by atoms with Gasteiger partial charge in [0.2, 0.25) is 0 Å². The minimum atomic E-state index is -2.03. The minimum absolute atomic E-state index is 0.839. The summed E-state index contributed by atoms with van der Waals surface area (Å²) in [5.41, 5.74) is 1.83. The van der Waals surface area contributed by atoms with Gasteiger partial charge >= 0.3 is 42.8 Å². The molecule has 0 fully saturated rings. The van der Waals surface area contributed by atoms with Crippen molar-refractivity contribution in [2.24, 2.45) is 4.99 Å². The van der Waals surface area contributed by atoms with Crippen LogP contribution in [0.2, 0.25) is 19.6 Å². The topological polar surface area (TPSA) is 35.7 Å². The molecule has 0 unspecified atom stereocenters. The third kappa shape index (κ3) is 8.45. The van der Waals surface area contributed by atoms with Gasteiger partial charge in [0.25, 0.3) is 0 Å². The molecule has 1 heterocycles. The van der Waals surface area contributed by atoms with Crippen LogP contribution in [0.4, 0.5) is 5.69 Å². The summed E-state index contributed by atoms with van der Waals surface area (Å²) in [5, 5.41) is 1.23. The zero-order valence-electron chi connectivity index (χ0n) is 13.4. The van der Waals surface area contributed by atoms with E-state index in [0.717, 1.165) is 17.1 Å². The molecule has 0 saturated heterocycles. The summed E-state index contributed by atoms with van der Waals surface area (Å²) in [6, 6.07) is 11.8. The Kier molecular flexibility index (Phi) is 9.01. The maximum atomic E-state index is 5.11. The van der Waals surface area contributed by atoms with Crippen LogP contribution in [0.15, 0.2) is 41.4 Å². The SMILES string of the molecule is COc1ccc(N=Cc2ccc([Si](C)(C)C)[n-]2)cc1.[Cl][Nb]([Cl])[Cl]. The Balaban J connectivity index is 0.000000593. The molecule has 0 aliphatic heterocycles. The van der Waals surface area contributed by atoms with Crippen molar-refractivity contribution in [2.45, 2.75) is 19.6 Å². The molecule has 2 rings (SSSR count). The normalized spacial score (nSPS) is 11.5. The van der Waals surface area contributed by atoms with Crippen LogP contribution in [-0.4, -0.2) is 21.4 Å². The first-order valence-electron chi connectivity index (χ1n) is 6.82. The monoisotopic (exact) mass is 469 g/mol. The van der Waals surface area contributed by atoms with Crippen molar-refractivity contribution in [1.29, 1.82) is 0 Å². The number of aromatic nitrogens is 1. The van der Waals surface area contributed by atoms with Gasteiger partial charge in [-0.1, -0.05) is 31.8 Å². The van der Waals surface area contributed by atoms with Crippen molar-refractivity contribution < 1.29 is 19.9 Å². The van der Waals surface area contributed by atoms with Gasteiger partial charge in [0, 0.05) is 6.21 Å². The Morgan fingerprint density at radius 3 is 2.04 bits per heavy atom. The van der Waals surface area contributed by atoms with E-state index in [1.165, 1.54) is 5.32 Å². The first-order valence-corrected chi connectivity index (χ1v) is 18.8. The number of nitrogens with zero attached hydrogens (tertiary/aromatic N) is 2. The second-order valence-corrected chi connectivity index (χ2v) is 20.7. The second kappa shape index (κ2) is 9.94. The Labute approximate surface area is 156 Å². The van der Waals surface area contributed by atoms with E-state index in [2.05, 4.69) is 35.7 Å². The Morgan fingerprint density at radius 2 is 1.61 bits per heavy atom. The molecule has 1 aromatic carbocycles. The van der Waals surface area contributed by atoms with Gasteiger partial charge in [0.1, 0.15) is 5.75 Å². The fraction of sp³-hybridized carbons (Fsp3) is 0.267. The molecule has 0 radical (unpaired) electrons. The first kappa shape index (κ1) is 20.8. The van der Waals surface area contributed by atoms with E-state index in [-0.39, 0.29) is 0 Å². The Hall–Kier alpha value is -0.203. The van der Waals surface area contributed by atoms with Gasteiger partial charge in [0.05, 0.1) is 20.9 Å². The van der Waals surface area contributed by atoms with Crippen molar-refractivity contribution in [3.63, 3.8) is 0 Å². The average Bonchev–Trinajstić information content (AvgIpc) is 2.94. The zero-order valence-corrected chi connectivity index (χ0v) is 18.9. The van der Waals surface area contributed by atoms with Gasteiger partial charge in [-0.15, -0.1) is 5.69 Å². The quantitative estimate of drug-likeness (QED) is 0.465. The van der Waals surface area contributed by atoms with Crippen molar-refractivity contribution >= 4 is 52.9 Å². The molecule has 1 aromatic heterocycles. The Morgan fingerprint density at radius 1 is 1.04 bits per heavy atom. The molecule has 0 aliphatic carbocycles. The molecule has 0 aliphatic rings. The first-order chi connectivity index (χ1) is 10.7. The number of halogens is 3. The van der Waals surface area contributed by atoms with E-state index in [1.807, 2.05) is 36.5 Å². The van der Waals surface area contributed by atoms with Crippen molar-refractivity contribution in [3.8, 4) is 5.75 Å². The Bertz CT molecular complexity index is 622. The molecule has 0 N–H and O–H groups in total. The van der Waals surface area contributed by atoms with Gasteiger partial charge in [-0.2, -0.15) is 5.32 Å². The van der Waals surface area contributed by atoms with Crippen molar-refractivity contribution in [3.05, 3.63) is 42.1 Å². The molecule has 2 aromatic rings. The molecule has 0 amide bonds. The molecule has 0 bridgehead atoms. The number of hydrogen-bond acceptors (Lipinski definition) is 2. The van der Waals surface area contributed by atoms with Crippen LogP contribution in [0.5, 0.6) is 5.75 Å². The van der Waals surface area contributed by atoms with Gasteiger partial charge < -0.3 is 9.72 Å². The van der Waals surface area contributed by atoms with Crippen molar-refractivity contribution in [2.75, 3.05) is 7.11 Å². The van der Waals surface area contributed by atoms with Gasteiger partial charge in [-0.3, -0.25) is 4.99 Å². The number of benzene rings is 1. The van der Waals surface area contributed by atoms with Crippen LogP contribution >= 0.6 is 27.6 Å². The van der Waals surface area contributed by atoms with Gasteiger partial charge in [0.15, 0.2) is 0 Å². The average molecular weight is 471 g/mol. The standard InChI is InChI=1S/C15H19N2OSi.3ClH.Nb/c1-18-14-8-5-12(6-9-14)16-11-13-7-10-15(17-13)19(2,3)4;;;;/h5-11H,1-4H3;3*1H;/q-1;;;;+3/p-3. The maximum absolute atomic E-state index is 5.11. The van der Waals surface area contributed by atoms with Crippen LogP contribution in [0.1, 0.15) is 5.69 Å². The number of methoxy groups -OCH3 is 1. The van der Waals surface area contributed by atoms with E-state index >= 15 is 0 Å². The molecular formula is C15H19Cl3N2NbOSi-. The third-order valence-electron chi connectivity index (χ3n) is 2.85. The fourth-order valence-electron chi connectivity index (χ4n) is 1.68. The van der Waals surface area contributed by atoms with Crippen LogP contribution in [0, 0.1) is 0 Å².